The molecule has 4 N–H and O–H groups in total. The van der Waals surface area contributed by atoms with Crippen molar-refractivity contribution in [3.05, 3.63) is 268 Å². The van der Waals surface area contributed by atoms with Gasteiger partial charge in [-0.15, -0.1) is 0 Å². The third-order valence-electron chi connectivity index (χ3n) is 15.3. The Kier molecular flexibility index (Phi) is 17.2. The smallest absolute Gasteiger partial charge is 0.324 e. The molecule has 0 aliphatic heterocycles. The van der Waals surface area contributed by atoms with Crippen LogP contribution in [0, 0.1) is 0 Å². The van der Waals surface area contributed by atoms with Gasteiger partial charge in [0.1, 0.15) is 12.3 Å². The highest BCUT2D eigenvalue weighted by Crippen LogP contribution is 2.36. The summed E-state index contributed by atoms with van der Waals surface area (Å²) in [6.07, 6.45) is 16.5. The Hall–Kier alpha value is -9.62. The van der Waals surface area contributed by atoms with Gasteiger partial charge in [-0.05, 0) is 56.6 Å². The number of aromatic nitrogens is 8. The molecule has 16 heteroatoms. The first-order valence-electron chi connectivity index (χ1n) is 28.7. The van der Waals surface area contributed by atoms with Crippen molar-refractivity contribution in [1.82, 2.24) is 19.9 Å². The minimum absolute atomic E-state index is 0.207. The van der Waals surface area contributed by atoms with Crippen LogP contribution in [0.2, 0.25) is 0 Å². The molecule has 0 radical (unpaired) electrons. The molecule has 0 saturated heterocycles. The highest BCUT2D eigenvalue weighted by Gasteiger charge is 2.19. The van der Waals surface area contributed by atoms with E-state index in [1.165, 1.54) is 0 Å². The molecule has 0 bridgehead atoms. The van der Waals surface area contributed by atoms with Crippen molar-refractivity contribution in [1.29, 1.82) is 0 Å². The lowest BCUT2D eigenvalue weighted by Gasteiger charge is -2.11. The zero-order valence-corrected chi connectivity index (χ0v) is 49.2. The molecule has 428 valence electrons. The summed E-state index contributed by atoms with van der Waals surface area (Å²) in [6, 6.07) is 74.1. The second kappa shape index (κ2) is 25.9. The van der Waals surface area contributed by atoms with E-state index in [-0.39, 0.29) is 25.4 Å². The van der Waals surface area contributed by atoms with Crippen LogP contribution in [0.1, 0.15) is 6.42 Å². The Morgan fingerprint density at radius 2 is 0.483 bits per heavy atom. The molecule has 12 rings (SSSR count). The summed E-state index contributed by atoms with van der Waals surface area (Å²) in [6.45, 7) is 2.22. The minimum Gasteiger partial charge on any atom is -0.324 e. The van der Waals surface area contributed by atoms with E-state index in [2.05, 4.69) is 155 Å². The van der Waals surface area contributed by atoms with Crippen molar-refractivity contribution in [2.24, 2.45) is 0 Å². The lowest BCUT2D eigenvalue weighted by atomic mass is 10.0. The van der Waals surface area contributed by atoms with E-state index >= 15 is 0 Å². The van der Waals surface area contributed by atoms with Gasteiger partial charge in [-0.1, -0.05) is 158 Å². The zero-order chi connectivity index (χ0) is 59.7. The molecule has 0 aliphatic carbocycles. The summed E-state index contributed by atoms with van der Waals surface area (Å²) >= 11 is 0. The van der Waals surface area contributed by atoms with Crippen molar-refractivity contribution < 1.29 is 47.0 Å². The predicted molar refractivity (Wildman–Crippen MR) is 338 cm³/mol. The van der Waals surface area contributed by atoms with E-state index in [0.717, 1.165) is 120 Å². The second-order valence-electron chi connectivity index (χ2n) is 21.4. The topological polar surface area (TPSA) is 182 Å². The summed E-state index contributed by atoms with van der Waals surface area (Å²) in [5, 5.41) is 0. The first-order valence-corrected chi connectivity index (χ1v) is 32.2. The number of hydrogen-bond acceptors (Lipinski definition) is 6. The van der Waals surface area contributed by atoms with Gasteiger partial charge in [0.05, 0.1) is 29.2 Å². The standard InChI is InChI=1S/C71H58N8O6P2/c80-86(81,82)48-46-78-42-32-58(33-43-78)54-16-24-62(25-17-54)68-50-66(72-70(74-68)64-8-3-1-4-9-64)60-20-12-52(13-21-60)56-28-38-76(39-29-56)36-7-37-77-40-30-57(31-41-77)53-14-22-61(23-15-53)67-51-69(75-71(73-67)65-10-5-2-6-11-65)63-26-18-55(19-27-63)59-34-44-79(45-35-59)47-49-87(83,84)85/h1-6,8-35,38-45,50-51H,7,36-37,46-49H2/p+4. The van der Waals surface area contributed by atoms with Crippen LogP contribution in [0.4, 0.5) is 0 Å². The molecule has 0 amide bonds. The third-order valence-corrected chi connectivity index (χ3v) is 16.8. The normalized spacial score (nSPS) is 11.6. The van der Waals surface area contributed by atoms with E-state index in [1.54, 1.807) is 9.13 Å². The predicted octanol–water partition coefficient (Wildman–Crippen LogP) is 12.5. The molecule has 12 aromatic rings. The van der Waals surface area contributed by atoms with E-state index in [0.29, 0.717) is 11.6 Å². The molecular formula is C71H62N8O6P2+4. The largest absolute Gasteiger partial charge is 0.331 e. The molecule has 0 fully saturated rings. The summed E-state index contributed by atoms with van der Waals surface area (Å²) in [4.78, 5) is 57.3. The maximum atomic E-state index is 11.4. The maximum absolute atomic E-state index is 11.4. The molecule has 87 heavy (non-hydrogen) atoms. The Labute approximate surface area is 504 Å². The van der Waals surface area contributed by atoms with Crippen molar-refractivity contribution in [3.63, 3.8) is 0 Å². The molecule has 0 saturated carbocycles. The Morgan fingerprint density at radius 1 is 0.264 bits per heavy atom. The van der Waals surface area contributed by atoms with Crippen molar-refractivity contribution >= 4 is 15.2 Å². The van der Waals surface area contributed by atoms with Crippen LogP contribution in [0.15, 0.2) is 268 Å². The zero-order valence-electron chi connectivity index (χ0n) is 47.4. The third kappa shape index (κ3) is 14.9. The first-order chi connectivity index (χ1) is 42.3. The second-order valence-corrected chi connectivity index (χ2v) is 24.9. The van der Waals surface area contributed by atoms with Crippen LogP contribution in [0.5, 0.6) is 0 Å². The number of rotatable bonds is 20. The number of benzene rings is 6. The number of hydrogen-bond donors (Lipinski definition) is 4. The van der Waals surface area contributed by atoms with Gasteiger partial charge in [0.2, 0.25) is 0 Å². The van der Waals surface area contributed by atoms with Crippen LogP contribution >= 0.6 is 15.2 Å². The van der Waals surface area contributed by atoms with Crippen LogP contribution < -0.4 is 18.3 Å². The van der Waals surface area contributed by atoms with Crippen molar-refractivity contribution in [3.8, 4) is 112 Å². The Balaban J connectivity index is 0.670. The van der Waals surface area contributed by atoms with E-state index in [1.807, 2.05) is 122 Å². The Bertz CT molecular complexity index is 4120. The summed E-state index contributed by atoms with van der Waals surface area (Å²) < 4.78 is 30.7. The van der Waals surface area contributed by atoms with E-state index < -0.39 is 15.2 Å². The number of pyridine rings is 4. The fourth-order valence-electron chi connectivity index (χ4n) is 10.4. The molecule has 6 heterocycles. The molecule has 0 aliphatic rings. The molecule has 6 aromatic heterocycles. The average molecular weight is 1190 g/mol. The number of nitrogens with zero attached hydrogens (tertiary/aromatic N) is 8. The van der Waals surface area contributed by atoms with Gasteiger partial charge in [0.15, 0.2) is 87.4 Å². The summed E-state index contributed by atoms with van der Waals surface area (Å²) in [7, 11) is -8.15. The molecule has 0 spiro atoms. The average Bonchev–Trinajstić information content (AvgIpc) is 3.02. The first kappa shape index (κ1) is 57.8. The summed E-state index contributed by atoms with van der Waals surface area (Å²) in [5.74, 6) is 1.28. The van der Waals surface area contributed by atoms with Crippen LogP contribution in [0.3, 0.4) is 0 Å². The van der Waals surface area contributed by atoms with Crippen molar-refractivity contribution in [2.75, 3.05) is 12.3 Å². The number of aryl methyl sites for hydroxylation is 4. The van der Waals surface area contributed by atoms with Crippen LogP contribution in [-0.2, 0) is 35.3 Å². The van der Waals surface area contributed by atoms with E-state index in [4.69, 9.17) is 19.9 Å². The molecule has 0 unspecified atom stereocenters. The molecular weight excluding hydrogens is 1120 g/mol. The lowest BCUT2D eigenvalue weighted by Crippen LogP contribution is -2.38. The quantitative estimate of drug-likeness (QED) is 0.0423. The van der Waals surface area contributed by atoms with Crippen molar-refractivity contribution in [2.45, 2.75) is 32.6 Å². The maximum Gasteiger partial charge on any atom is 0.331 e. The van der Waals surface area contributed by atoms with Gasteiger partial charge >= 0.3 is 15.2 Å². The molecule has 0 atom stereocenters. The SMILES string of the molecule is O=P(O)(O)CC[n+]1ccc(-c2ccc(-c3cc(-c4ccc(-c5cc[n+](CCC[n+]6ccc(-c7ccc(-c8cc(-c9ccc(-c%10cc[n+](CCP(=O)(O)O)cc%10)cc9)nc(-c9ccccc9)n8)cc7)cc6)cc5)cc4)nc(-c4ccccc4)n3)cc2)cc1. The Morgan fingerprint density at radius 3 is 0.724 bits per heavy atom. The van der Waals surface area contributed by atoms with Gasteiger partial charge in [-0.2, -0.15) is 0 Å². The lowest BCUT2D eigenvalue weighted by molar-refractivity contribution is -0.726. The van der Waals surface area contributed by atoms with Gasteiger partial charge in [0, 0.05) is 81.9 Å². The molecule has 14 nitrogen and oxygen atoms in total. The van der Waals surface area contributed by atoms with Gasteiger partial charge in [0.25, 0.3) is 0 Å². The van der Waals surface area contributed by atoms with E-state index in [9.17, 15) is 28.7 Å². The highest BCUT2D eigenvalue weighted by molar-refractivity contribution is 7.52. The highest BCUT2D eigenvalue weighted by atomic mass is 31.2. The monoisotopic (exact) mass is 1180 g/mol. The fraction of sp³-hybridized carbons (Fsp3) is 0.0986. The fourth-order valence-corrected chi connectivity index (χ4v) is 11.4. The van der Waals surface area contributed by atoms with Gasteiger partial charge in [-0.3, -0.25) is 9.13 Å². The van der Waals surface area contributed by atoms with Gasteiger partial charge < -0.3 is 19.6 Å². The van der Waals surface area contributed by atoms with Crippen LogP contribution in [0.25, 0.3) is 112 Å². The van der Waals surface area contributed by atoms with Gasteiger partial charge in [-0.25, -0.2) is 38.2 Å². The minimum atomic E-state index is -4.08. The van der Waals surface area contributed by atoms with Crippen LogP contribution in [-0.4, -0.2) is 51.8 Å². The molecule has 6 aromatic carbocycles. The summed E-state index contributed by atoms with van der Waals surface area (Å²) in [5.41, 5.74) is 17.5.